The van der Waals surface area contributed by atoms with Crippen molar-refractivity contribution < 1.29 is 0 Å². The summed E-state index contributed by atoms with van der Waals surface area (Å²) in [5.74, 6) is 0.867. The number of pyridine rings is 1. The van der Waals surface area contributed by atoms with E-state index in [1.54, 1.807) is 6.07 Å². The first kappa shape index (κ1) is 12.5. The largest absolute Gasteiger partial charge is 0.359 e. The molecule has 1 aromatic rings. The molecule has 1 aromatic heterocycles. The van der Waals surface area contributed by atoms with Crippen LogP contribution in [0.4, 0.5) is 5.82 Å². The lowest BCUT2D eigenvalue weighted by molar-refractivity contribution is 0.417. The summed E-state index contributed by atoms with van der Waals surface area (Å²) in [5, 5.41) is 8.90. The molecule has 0 saturated carbocycles. The van der Waals surface area contributed by atoms with Crippen LogP contribution in [0.3, 0.4) is 0 Å². The number of hydrogen-bond donors (Lipinski definition) is 0. The van der Waals surface area contributed by atoms with Gasteiger partial charge in [0, 0.05) is 19.3 Å². The van der Waals surface area contributed by atoms with Gasteiger partial charge in [0.1, 0.15) is 5.82 Å². The Morgan fingerprint density at radius 3 is 2.50 bits per heavy atom. The molecule has 0 N–H and O–H groups in total. The first-order valence-electron chi connectivity index (χ1n) is 5.42. The molecular formula is C13H19N3. The summed E-state index contributed by atoms with van der Waals surface area (Å²) in [6, 6.07) is 5.79. The van der Waals surface area contributed by atoms with Crippen molar-refractivity contribution in [2.45, 2.75) is 27.7 Å². The van der Waals surface area contributed by atoms with Gasteiger partial charge in [-0.05, 0) is 24.5 Å². The van der Waals surface area contributed by atoms with Gasteiger partial charge in [-0.25, -0.2) is 4.98 Å². The molecule has 0 aliphatic heterocycles. The van der Waals surface area contributed by atoms with Crippen LogP contribution in [0.1, 0.15) is 32.0 Å². The van der Waals surface area contributed by atoms with Crippen molar-refractivity contribution in [2.24, 2.45) is 5.41 Å². The summed E-state index contributed by atoms with van der Waals surface area (Å²) in [6.07, 6.45) is 0. The molecule has 86 valence electrons. The molecule has 16 heavy (non-hydrogen) atoms. The number of aromatic nitrogens is 1. The van der Waals surface area contributed by atoms with Crippen LogP contribution in [0.15, 0.2) is 12.1 Å². The molecule has 1 rings (SSSR count). The predicted molar refractivity (Wildman–Crippen MR) is 66.4 cm³/mol. The van der Waals surface area contributed by atoms with E-state index >= 15 is 0 Å². The van der Waals surface area contributed by atoms with Crippen molar-refractivity contribution in [3.05, 3.63) is 23.4 Å². The zero-order valence-electron chi connectivity index (χ0n) is 10.7. The maximum absolute atomic E-state index is 8.90. The summed E-state index contributed by atoms with van der Waals surface area (Å²) >= 11 is 0. The third-order valence-corrected chi connectivity index (χ3v) is 2.17. The molecule has 3 nitrogen and oxygen atoms in total. The number of hydrogen-bond acceptors (Lipinski definition) is 3. The first-order chi connectivity index (χ1) is 7.31. The van der Waals surface area contributed by atoms with Crippen LogP contribution in [-0.2, 0) is 0 Å². The minimum atomic E-state index is 0.215. The number of nitriles is 1. The second-order valence-electron chi connectivity index (χ2n) is 5.38. The summed E-state index contributed by atoms with van der Waals surface area (Å²) in [5.41, 5.74) is 1.77. The molecule has 0 saturated heterocycles. The van der Waals surface area contributed by atoms with E-state index in [-0.39, 0.29) is 5.41 Å². The van der Waals surface area contributed by atoms with E-state index in [0.29, 0.717) is 5.56 Å². The zero-order chi connectivity index (χ0) is 12.3. The van der Waals surface area contributed by atoms with E-state index in [9.17, 15) is 0 Å². The fraction of sp³-hybridized carbons (Fsp3) is 0.538. The SMILES string of the molecule is Cc1cc(C#N)cc(N(C)CC(C)(C)C)n1. The van der Waals surface area contributed by atoms with Gasteiger partial charge in [0.25, 0.3) is 0 Å². The second kappa shape index (κ2) is 4.52. The number of aryl methyl sites for hydroxylation is 1. The molecule has 0 bridgehead atoms. The van der Waals surface area contributed by atoms with Gasteiger partial charge >= 0.3 is 0 Å². The molecule has 0 aliphatic rings. The lowest BCUT2D eigenvalue weighted by Gasteiger charge is -2.27. The van der Waals surface area contributed by atoms with Gasteiger partial charge in [0.2, 0.25) is 0 Å². The van der Waals surface area contributed by atoms with E-state index < -0.39 is 0 Å². The normalized spacial score (nSPS) is 11.0. The molecule has 0 atom stereocenters. The van der Waals surface area contributed by atoms with Crippen LogP contribution < -0.4 is 4.90 Å². The Balaban J connectivity index is 2.96. The van der Waals surface area contributed by atoms with Crippen LogP contribution in [-0.4, -0.2) is 18.6 Å². The summed E-state index contributed by atoms with van der Waals surface area (Å²) in [7, 11) is 2.01. The predicted octanol–water partition coefficient (Wildman–Crippen LogP) is 2.74. The van der Waals surface area contributed by atoms with E-state index in [1.165, 1.54) is 0 Å². The number of rotatable bonds is 2. The highest BCUT2D eigenvalue weighted by molar-refractivity contribution is 5.46. The van der Waals surface area contributed by atoms with E-state index in [0.717, 1.165) is 18.1 Å². The standard InChI is InChI=1S/C13H19N3/c1-10-6-11(8-14)7-12(15-10)16(5)9-13(2,3)4/h6-7H,9H2,1-5H3. The Bertz CT molecular complexity index is 410. The molecular weight excluding hydrogens is 198 g/mol. The Labute approximate surface area is 97.7 Å². The Kier molecular flexibility index (Phi) is 3.54. The van der Waals surface area contributed by atoms with Gasteiger partial charge in [-0.3, -0.25) is 0 Å². The fourth-order valence-electron chi connectivity index (χ4n) is 1.70. The highest BCUT2D eigenvalue weighted by Gasteiger charge is 2.15. The molecule has 0 spiro atoms. The lowest BCUT2D eigenvalue weighted by Crippen LogP contribution is -2.29. The Hall–Kier alpha value is -1.56. The van der Waals surface area contributed by atoms with Crippen molar-refractivity contribution >= 4 is 5.82 Å². The average molecular weight is 217 g/mol. The van der Waals surface area contributed by atoms with Crippen LogP contribution in [0, 0.1) is 23.7 Å². The third-order valence-electron chi connectivity index (χ3n) is 2.17. The van der Waals surface area contributed by atoms with Crippen LogP contribution >= 0.6 is 0 Å². The zero-order valence-corrected chi connectivity index (χ0v) is 10.7. The molecule has 0 radical (unpaired) electrons. The summed E-state index contributed by atoms with van der Waals surface area (Å²) in [4.78, 5) is 6.53. The molecule has 0 unspecified atom stereocenters. The Morgan fingerprint density at radius 2 is 2.00 bits per heavy atom. The minimum absolute atomic E-state index is 0.215. The van der Waals surface area contributed by atoms with Crippen molar-refractivity contribution in [3.63, 3.8) is 0 Å². The summed E-state index contributed by atoms with van der Waals surface area (Å²) in [6.45, 7) is 9.38. The Morgan fingerprint density at radius 1 is 1.38 bits per heavy atom. The molecule has 0 aromatic carbocycles. The molecule has 0 amide bonds. The minimum Gasteiger partial charge on any atom is -0.359 e. The topological polar surface area (TPSA) is 39.9 Å². The monoisotopic (exact) mass is 217 g/mol. The van der Waals surface area contributed by atoms with Gasteiger partial charge < -0.3 is 4.90 Å². The van der Waals surface area contributed by atoms with Crippen LogP contribution in [0.25, 0.3) is 0 Å². The van der Waals surface area contributed by atoms with Gasteiger partial charge in [0.05, 0.1) is 11.6 Å². The quantitative estimate of drug-likeness (QED) is 0.764. The third kappa shape index (κ3) is 3.54. The van der Waals surface area contributed by atoms with E-state index in [1.807, 2.05) is 20.0 Å². The number of nitrogens with zero attached hydrogens (tertiary/aromatic N) is 3. The highest BCUT2D eigenvalue weighted by atomic mass is 15.2. The summed E-state index contributed by atoms with van der Waals surface area (Å²) < 4.78 is 0. The molecule has 3 heteroatoms. The number of anilines is 1. The molecule has 0 fully saturated rings. The van der Waals surface area contributed by atoms with Gasteiger partial charge in [-0.2, -0.15) is 5.26 Å². The van der Waals surface area contributed by atoms with Gasteiger partial charge in [0.15, 0.2) is 0 Å². The van der Waals surface area contributed by atoms with E-state index in [4.69, 9.17) is 5.26 Å². The van der Waals surface area contributed by atoms with E-state index in [2.05, 4.69) is 36.7 Å². The maximum atomic E-state index is 8.90. The van der Waals surface area contributed by atoms with Gasteiger partial charge in [-0.1, -0.05) is 20.8 Å². The van der Waals surface area contributed by atoms with Crippen LogP contribution in [0.5, 0.6) is 0 Å². The van der Waals surface area contributed by atoms with Crippen molar-refractivity contribution in [3.8, 4) is 6.07 Å². The lowest BCUT2D eigenvalue weighted by atomic mass is 9.96. The fourth-order valence-corrected chi connectivity index (χ4v) is 1.70. The van der Waals surface area contributed by atoms with Crippen molar-refractivity contribution in [1.29, 1.82) is 5.26 Å². The second-order valence-corrected chi connectivity index (χ2v) is 5.38. The highest BCUT2D eigenvalue weighted by Crippen LogP contribution is 2.19. The van der Waals surface area contributed by atoms with Crippen LogP contribution in [0.2, 0.25) is 0 Å². The molecule has 1 heterocycles. The first-order valence-corrected chi connectivity index (χ1v) is 5.42. The maximum Gasteiger partial charge on any atom is 0.129 e. The van der Waals surface area contributed by atoms with Crippen molar-refractivity contribution in [2.75, 3.05) is 18.5 Å². The molecule has 0 aliphatic carbocycles. The van der Waals surface area contributed by atoms with Crippen molar-refractivity contribution in [1.82, 2.24) is 4.98 Å². The van der Waals surface area contributed by atoms with Gasteiger partial charge in [-0.15, -0.1) is 0 Å². The average Bonchev–Trinajstić information content (AvgIpc) is 2.14. The smallest absolute Gasteiger partial charge is 0.129 e.